The molecule has 1 aliphatic rings. The van der Waals surface area contributed by atoms with E-state index in [0.717, 1.165) is 5.69 Å². The first-order valence-corrected chi connectivity index (χ1v) is 6.30. The van der Waals surface area contributed by atoms with Gasteiger partial charge in [-0.25, -0.2) is 9.19 Å². The van der Waals surface area contributed by atoms with Crippen molar-refractivity contribution >= 4 is 22.7 Å². The Labute approximate surface area is 106 Å². The van der Waals surface area contributed by atoms with Crippen molar-refractivity contribution < 1.29 is 4.21 Å². The number of benzene rings is 1. The first-order chi connectivity index (χ1) is 8.84. The molecule has 2 heterocycles. The van der Waals surface area contributed by atoms with Gasteiger partial charge in [0.1, 0.15) is 5.69 Å². The van der Waals surface area contributed by atoms with Gasteiger partial charge in [-0.2, -0.15) is 4.41 Å². The quantitative estimate of drug-likeness (QED) is 0.867. The third-order valence-electron chi connectivity index (χ3n) is 2.33. The minimum Gasteiger partial charge on any atom is -0.265 e. The van der Waals surface area contributed by atoms with E-state index in [9.17, 15) is 4.21 Å². The van der Waals surface area contributed by atoms with Crippen molar-refractivity contribution in [3.05, 3.63) is 54.6 Å². The number of hydrogen-bond acceptors (Lipinski definition) is 4. The van der Waals surface area contributed by atoms with Crippen LogP contribution in [0.25, 0.3) is 0 Å². The summed E-state index contributed by atoms with van der Waals surface area (Å²) in [6.45, 7) is 0. The number of amidine groups is 1. The Morgan fingerprint density at radius 3 is 2.72 bits per heavy atom. The van der Waals surface area contributed by atoms with E-state index in [1.165, 1.54) is 4.41 Å². The van der Waals surface area contributed by atoms with Crippen molar-refractivity contribution in [2.24, 2.45) is 4.40 Å². The van der Waals surface area contributed by atoms with Gasteiger partial charge < -0.3 is 0 Å². The van der Waals surface area contributed by atoms with Crippen LogP contribution in [0.4, 0.5) is 5.69 Å². The summed E-state index contributed by atoms with van der Waals surface area (Å²) in [5.41, 5.74) is 4.29. The lowest BCUT2D eigenvalue weighted by atomic mass is 10.3. The molecule has 7 heteroatoms. The second-order valence-electron chi connectivity index (χ2n) is 3.50. The molecule has 0 saturated heterocycles. The van der Waals surface area contributed by atoms with E-state index in [2.05, 4.69) is 19.8 Å². The molecule has 0 bridgehead atoms. The van der Waals surface area contributed by atoms with Crippen LogP contribution < -0.4 is 9.84 Å². The molecule has 0 radical (unpaired) electrons. The van der Waals surface area contributed by atoms with Crippen LogP contribution in [0.3, 0.4) is 0 Å². The molecule has 0 aliphatic carbocycles. The van der Waals surface area contributed by atoms with Crippen LogP contribution in [-0.2, 0) is 11.2 Å². The maximum atomic E-state index is 11.9. The number of hydrazine groups is 1. The number of anilines is 1. The number of nitrogens with one attached hydrogen (secondary N) is 1. The molecule has 18 heavy (non-hydrogen) atoms. The zero-order valence-electron chi connectivity index (χ0n) is 9.22. The summed E-state index contributed by atoms with van der Waals surface area (Å²) in [7, 11) is 0. The van der Waals surface area contributed by atoms with Gasteiger partial charge in [0, 0.05) is 12.4 Å². The van der Waals surface area contributed by atoms with Crippen LogP contribution in [0.15, 0.2) is 53.3 Å². The van der Waals surface area contributed by atoms with Crippen molar-refractivity contribution in [1.82, 2.24) is 15.4 Å². The monoisotopic (exact) mass is 259 g/mol. The normalized spacial score (nSPS) is 18.3. The summed E-state index contributed by atoms with van der Waals surface area (Å²) >= 11 is -1.50. The van der Waals surface area contributed by atoms with Crippen molar-refractivity contribution in [1.29, 1.82) is 0 Å². The van der Waals surface area contributed by atoms with E-state index in [1.807, 2.05) is 30.3 Å². The summed E-state index contributed by atoms with van der Waals surface area (Å²) < 4.78 is 17.4. The van der Waals surface area contributed by atoms with Crippen LogP contribution in [0, 0.1) is 0 Å². The summed E-state index contributed by atoms with van der Waals surface area (Å²) in [5.74, 6) is 0.449. The molecule has 3 rings (SSSR count). The third-order valence-corrected chi connectivity index (χ3v) is 3.28. The topological polar surface area (TPSA) is 70.5 Å². The van der Waals surface area contributed by atoms with E-state index >= 15 is 0 Å². The molecule has 0 spiro atoms. The van der Waals surface area contributed by atoms with E-state index < -0.39 is 11.2 Å². The molecular weight excluding hydrogens is 250 g/mol. The van der Waals surface area contributed by atoms with Crippen LogP contribution >= 0.6 is 0 Å². The molecule has 1 aromatic heterocycles. The fraction of sp³-hybridized carbons (Fsp3) is 0. The van der Waals surface area contributed by atoms with Crippen molar-refractivity contribution in [3.63, 3.8) is 0 Å². The highest BCUT2D eigenvalue weighted by atomic mass is 32.2. The Bertz CT molecular complexity index is 601. The molecule has 2 aromatic rings. The molecule has 1 atom stereocenters. The molecule has 0 saturated carbocycles. The van der Waals surface area contributed by atoms with E-state index in [-0.39, 0.29) is 0 Å². The lowest BCUT2D eigenvalue weighted by Gasteiger charge is -2.15. The molecule has 6 nitrogen and oxygen atoms in total. The van der Waals surface area contributed by atoms with Gasteiger partial charge in [0.05, 0.1) is 11.9 Å². The van der Waals surface area contributed by atoms with Crippen molar-refractivity contribution in [2.75, 3.05) is 4.41 Å². The molecule has 1 N–H and O–H groups in total. The molecule has 1 aromatic carbocycles. The fourth-order valence-electron chi connectivity index (χ4n) is 1.52. The van der Waals surface area contributed by atoms with Crippen molar-refractivity contribution in [2.45, 2.75) is 0 Å². The standard InChI is InChI=1S/C11H9N5OS/c17-18-15-11(10-8-12-6-7-13-10)14-16(18)9-4-2-1-3-5-9/h1-8H,(H,14,15). The molecule has 90 valence electrons. The Kier molecular flexibility index (Phi) is 2.73. The Hall–Kier alpha value is -2.28. The lowest BCUT2D eigenvalue weighted by Crippen LogP contribution is -2.36. The van der Waals surface area contributed by atoms with E-state index in [1.54, 1.807) is 18.6 Å². The predicted octanol–water partition coefficient (Wildman–Crippen LogP) is 0.827. The average Bonchev–Trinajstić information content (AvgIpc) is 2.83. The van der Waals surface area contributed by atoms with Gasteiger partial charge in [0.25, 0.3) is 11.2 Å². The maximum Gasteiger partial charge on any atom is 0.267 e. The summed E-state index contributed by atoms with van der Waals surface area (Å²) in [6.07, 6.45) is 4.70. The number of nitrogens with zero attached hydrogens (tertiary/aromatic N) is 4. The molecular formula is C11H9N5OS. The van der Waals surface area contributed by atoms with Gasteiger partial charge in [-0.15, -0.1) is 4.40 Å². The van der Waals surface area contributed by atoms with Gasteiger partial charge in [-0.3, -0.25) is 10.4 Å². The number of hydrogen-bond donors (Lipinski definition) is 1. The maximum absolute atomic E-state index is 11.9. The van der Waals surface area contributed by atoms with Crippen LogP contribution in [-0.4, -0.2) is 20.0 Å². The van der Waals surface area contributed by atoms with E-state index in [4.69, 9.17) is 0 Å². The van der Waals surface area contributed by atoms with Crippen LogP contribution in [0.1, 0.15) is 5.69 Å². The van der Waals surface area contributed by atoms with Gasteiger partial charge in [0.15, 0.2) is 5.84 Å². The SMILES string of the molecule is O=S1N=C(c2cnccn2)NN1c1ccccc1. The fourth-order valence-corrected chi connectivity index (χ4v) is 2.36. The minimum atomic E-state index is -1.50. The molecule has 1 unspecified atom stereocenters. The predicted molar refractivity (Wildman–Crippen MR) is 68.8 cm³/mol. The average molecular weight is 259 g/mol. The van der Waals surface area contributed by atoms with Gasteiger partial charge in [0.2, 0.25) is 0 Å². The molecule has 1 aliphatic heterocycles. The zero-order chi connectivity index (χ0) is 12.4. The van der Waals surface area contributed by atoms with Gasteiger partial charge in [-0.05, 0) is 12.1 Å². The Morgan fingerprint density at radius 1 is 1.17 bits per heavy atom. The second kappa shape index (κ2) is 4.53. The summed E-state index contributed by atoms with van der Waals surface area (Å²) in [5, 5.41) is 0. The lowest BCUT2D eigenvalue weighted by molar-refractivity contribution is 0.681. The highest BCUT2D eigenvalue weighted by Gasteiger charge is 2.24. The minimum absolute atomic E-state index is 0.449. The number of rotatable bonds is 2. The highest BCUT2D eigenvalue weighted by Crippen LogP contribution is 2.17. The molecule has 0 fully saturated rings. The first kappa shape index (κ1) is 10.8. The van der Waals surface area contributed by atoms with Crippen LogP contribution in [0.2, 0.25) is 0 Å². The number of para-hydroxylation sites is 1. The Morgan fingerprint density at radius 2 is 2.00 bits per heavy atom. The second-order valence-corrected chi connectivity index (χ2v) is 4.51. The summed E-state index contributed by atoms with van der Waals surface area (Å²) in [6, 6.07) is 9.33. The van der Waals surface area contributed by atoms with Crippen molar-refractivity contribution in [3.8, 4) is 0 Å². The smallest absolute Gasteiger partial charge is 0.265 e. The zero-order valence-corrected chi connectivity index (χ0v) is 10.0. The first-order valence-electron chi connectivity index (χ1n) is 5.23. The van der Waals surface area contributed by atoms with Crippen LogP contribution in [0.5, 0.6) is 0 Å². The highest BCUT2D eigenvalue weighted by molar-refractivity contribution is 7.85. The van der Waals surface area contributed by atoms with Gasteiger partial charge in [-0.1, -0.05) is 18.2 Å². The Balaban J connectivity index is 1.88. The summed E-state index contributed by atoms with van der Waals surface area (Å²) in [4.78, 5) is 8.06. The number of aromatic nitrogens is 2. The molecule has 0 amide bonds. The third kappa shape index (κ3) is 1.95. The van der Waals surface area contributed by atoms with Gasteiger partial charge >= 0.3 is 0 Å². The van der Waals surface area contributed by atoms with E-state index in [0.29, 0.717) is 11.5 Å². The largest absolute Gasteiger partial charge is 0.267 e.